The molecule has 30 heteroatoms. The highest BCUT2D eigenvalue weighted by molar-refractivity contribution is 7.92. The second kappa shape index (κ2) is 16.1. The Balaban J connectivity index is 1.69. The van der Waals surface area contributed by atoms with Gasteiger partial charge in [0.05, 0.1) is 40.2 Å². The summed E-state index contributed by atoms with van der Waals surface area (Å²) >= 11 is 0. The number of sulfone groups is 2. The van der Waals surface area contributed by atoms with Gasteiger partial charge in [-0.05, 0) is 47.9 Å². The summed E-state index contributed by atoms with van der Waals surface area (Å²) in [7, 11) is -29.0. The van der Waals surface area contributed by atoms with Gasteiger partial charge >= 0.3 is 20.8 Å². The van der Waals surface area contributed by atoms with E-state index < -0.39 is 128 Å². The molecule has 0 radical (unpaired) electrons. The lowest BCUT2D eigenvalue weighted by Gasteiger charge is -2.10. The van der Waals surface area contributed by atoms with Crippen molar-refractivity contribution < 1.29 is 82.2 Å². The monoisotopic (exact) mass is 903 g/mol. The number of phenols is 1. The van der Waals surface area contributed by atoms with Gasteiger partial charge in [-0.25, -0.2) is 25.2 Å². The first kappa shape index (κ1) is 44.1. The van der Waals surface area contributed by atoms with Crippen LogP contribution in [0.5, 0.6) is 5.75 Å². The quantitative estimate of drug-likeness (QED) is 0.0534. The SMILES string of the molecule is Nc1cc(O)c(N=Nc2ccc(S(=O)(=O)CCOS(=O)(=O)O)cc2S(=O)(=O)O)cc1N=Nc1ccc2cc(S(=O)(=O)CCOS(=O)(=O)O)ccc2c1S(=O)(=O)O. The van der Waals surface area contributed by atoms with Crippen LogP contribution >= 0.6 is 0 Å². The Bertz CT molecular complexity index is 2970. The summed E-state index contributed by atoms with van der Waals surface area (Å²) in [6, 6.07) is 9.04. The van der Waals surface area contributed by atoms with E-state index in [4.69, 9.17) is 14.8 Å². The first-order chi connectivity index (χ1) is 25.6. The molecule has 0 aliphatic rings. The van der Waals surface area contributed by atoms with E-state index in [1.54, 1.807) is 0 Å². The molecule has 0 heterocycles. The lowest BCUT2D eigenvalue weighted by atomic mass is 10.1. The number of nitrogens with two attached hydrogens (primary N) is 1. The van der Waals surface area contributed by atoms with Gasteiger partial charge in [0.25, 0.3) is 20.2 Å². The number of nitrogen functional groups attached to an aromatic ring is 1. The highest BCUT2D eigenvalue weighted by atomic mass is 32.3. The molecule has 7 N–H and O–H groups in total. The average Bonchev–Trinajstić information content (AvgIpc) is 3.04. The van der Waals surface area contributed by atoms with Gasteiger partial charge in [0.1, 0.15) is 38.3 Å². The van der Waals surface area contributed by atoms with Gasteiger partial charge in [-0.1, -0.05) is 12.1 Å². The lowest BCUT2D eigenvalue weighted by molar-refractivity contribution is 0.282. The fourth-order valence-electron chi connectivity index (χ4n) is 4.49. The maximum atomic E-state index is 12.7. The van der Waals surface area contributed by atoms with Crippen LogP contribution in [0.4, 0.5) is 28.4 Å². The van der Waals surface area contributed by atoms with Crippen LogP contribution in [0.3, 0.4) is 0 Å². The second-order valence-electron chi connectivity index (χ2n) is 10.8. The molecule has 0 saturated carbocycles. The first-order valence-electron chi connectivity index (χ1n) is 14.4. The van der Waals surface area contributed by atoms with Crippen molar-refractivity contribution in [2.45, 2.75) is 19.6 Å². The zero-order chi connectivity index (χ0) is 42.1. The van der Waals surface area contributed by atoms with Crippen molar-refractivity contribution in [1.29, 1.82) is 0 Å². The van der Waals surface area contributed by atoms with Crippen LogP contribution in [0.15, 0.2) is 101 Å². The van der Waals surface area contributed by atoms with Crippen LogP contribution in [0, 0.1) is 0 Å². The highest BCUT2D eigenvalue weighted by Crippen LogP contribution is 2.40. The normalized spacial score (nSPS) is 13.6. The van der Waals surface area contributed by atoms with Crippen molar-refractivity contribution in [1.82, 2.24) is 0 Å². The standard InChI is InChI=1S/C26H25N5O19S6/c27-19-13-24(32)23(31-28-20-6-3-17(12-25(20)53(37,38)39)52(35,36)10-8-50-56(46,47)48)14-22(19)30-29-21-5-1-15-11-16(2-4-18(15)26(21)54(40,41)42)51(33,34)9-7-49-55(43,44)45/h1-6,11-14,32H,7-10,27H2,(H,37,38,39)(H,40,41,42)(H,43,44,45)(H,46,47,48). The molecule has 56 heavy (non-hydrogen) atoms. The molecule has 0 saturated heterocycles. The van der Waals surface area contributed by atoms with Crippen molar-refractivity contribution in [2.24, 2.45) is 20.5 Å². The molecule has 4 aromatic carbocycles. The topological polar surface area (TPSA) is 400 Å². The molecule has 304 valence electrons. The molecular weight excluding hydrogens is 879 g/mol. The van der Waals surface area contributed by atoms with Gasteiger partial charge in [0.2, 0.25) is 0 Å². The molecule has 24 nitrogen and oxygen atoms in total. The van der Waals surface area contributed by atoms with E-state index in [-0.39, 0.29) is 22.1 Å². The molecule has 4 aromatic rings. The third-order valence-electron chi connectivity index (χ3n) is 6.93. The summed E-state index contributed by atoms with van der Waals surface area (Å²) in [6.07, 6.45) is 0. The minimum absolute atomic E-state index is 0.0544. The number of phenolic OH excluding ortho intramolecular Hbond substituents is 1. The van der Waals surface area contributed by atoms with Gasteiger partial charge < -0.3 is 10.8 Å². The summed E-state index contributed by atoms with van der Waals surface area (Å²) in [4.78, 5) is -3.10. The van der Waals surface area contributed by atoms with E-state index in [0.29, 0.717) is 6.07 Å². The zero-order valence-electron chi connectivity index (χ0n) is 27.4. The summed E-state index contributed by atoms with van der Waals surface area (Å²) in [5.74, 6) is -2.63. The van der Waals surface area contributed by atoms with E-state index >= 15 is 0 Å². The highest BCUT2D eigenvalue weighted by Gasteiger charge is 2.25. The number of nitrogens with zero attached hydrogens (tertiary/aromatic N) is 4. The largest absolute Gasteiger partial charge is 0.506 e. The van der Waals surface area contributed by atoms with Crippen molar-refractivity contribution in [2.75, 3.05) is 30.5 Å². The summed E-state index contributed by atoms with van der Waals surface area (Å²) in [5.41, 5.74) is 3.61. The molecular formula is C26H25N5O19S6. The fraction of sp³-hybridized carbons (Fsp3) is 0.154. The van der Waals surface area contributed by atoms with Crippen LogP contribution in [0.1, 0.15) is 0 Å². The molecule has 0 spiro atoms. The van der Waals surface area contributed by atoms with Crippen LogP contribution in [-0.4, -0.2) is 98.5 Å². The van der Waals surface area contributed by atoms with Crippen LogP contribution in [0.2, 0.25) is 0 Å². The van der Waals surface area contributed by atoms with E-state index in [9.17, 15) is 64.7 Å². The first-order valence-corrected chi connectivity index (χ1v) is 23.3. The maximum Gasteiger partial charge on any atom is 0.397 e. The number of benzene rings is 4. The number of hydrogen-bond donors (Lipinski definition) is 6. The van der Waals surface area contributed by atoms with Crippen molar-refractivity contribution in [3.05, 3.63) is 60.7 Å². The number of hydrogen-bond acceptors (Lipinski definition) is 20. The molecule has 0 aliphatic heterocycles. The number of rotatable bonds is 16. The molecule has 0 atom stereocenters. The Kier molecular flexibility index (Phi) is 12.7. The van der Waals surface area contributed by atoms with E-state index in [0.717, 1.165) is 48.5 Å². The summed E-state index contributed by atoms with van der Waals surface area (Å²) < 4.78 is 187. The minimum Gasteiger partial charge on any atom is -0.506 e. The van der Waals surface area contributed by atoms with Gasteiger partial charge in [-0.15, -0.1) is 20.5 Å². The minimum atomic E-state index is -5.21. The third-order valence-corrected chi connectivity index (χ3v) is 13.0. The number of anilines is 1. The molecule has 0 aromatic heterocycles. The van der Waals surface area contributed by atoms with Crippen molar-refractivity contribution in [3.8, 4) is 5.75 Å². The Hall–Kier alpha value is -4.60. The summed E-state index contributed by atoms with van der Waals surface area (Å²) in [6.45, 7) is -1.99. The van der Waals surface area contributed by atoms with Gasteiger partial charge in [-0.2, -0.15) is 33.7 Å². The molecule has 0 fully saturated rings. The lowest BCUT2D eigenvalue weighted by Crippen LogP contribution is -2.16. The van der Waals surface area contributed by atoms with Gasteiger partial charge in [0, 0.05) is 11.5 Å². The van der Waals surface area contributed by atoms with Crippen molar-refractivity contribution >= 4 is 99.9 Å². The average molecular weight is 904 g/mol. The Morgan fingerprint density at radius 3 is 1.55 bits per heavy atom. The van der Waals surface area contributed by atoms with Crippen LogP contribution in [-0.2, 0) is 69.1 Å². The van der Waals surface area contributed by atoms with Gasteiger partial charge in [0.15, 0.2) is 19.7 Å². The Labute approximate surface area is 317 Å². The predicted octanol–water partition coefficient (Wildman–Crippen LogP) is 2.64. The van der Waals surface area contributed by atoms with E-state index in [2.05, 4.69) is 28.8 Å². The zero-order valence-corrected chi connectivity index (χ0v) is 32.3. The fourth-order valence-corrected chi connectivity index (χ4v) is 9.08. The number of fused-ring (bicyclic) bond motifs is 1. The predicted molar refractivity (Wildman–Crippen MR) is 190 cm³/mol. The van der Waals surface area contributed by atoms with Crippen LogP contribution in [0.25, 0.3) is 10.8 Å². The molecule has 0 bridgehead atoms. The molecule has 0 aliphatic carbocycles. The number of aromatic hydroxyl groups is 1. The van der Waals surface area contributed by atoms with Crippen molar-refractivity contribution in [3.63, 3.8) is 0 Å². The van der Waals surface area contributed by atoms with E-state index in [1.165, 1.54) is 6.07 Å². The number of azo groups is 2. The van der Waals surface area contributed by atoms with Crippen LogP contribution < -0.4 is 5.73 Å². The molecule has 0 amide bonds. The van der Waals surface area contributed by atoms with Gasteiger partial charge in [-0.3, -0.25) is 18.2 Å². The Morgan fingerprint density at radius 2 is 1.02 bits per heavy atom. The third kappa shape index (κ3) is 11.5. The smallest absolute Gasteiger partial charge is 0.397 e. The molecule has 4 rings (SSSR count). The van der Waals surface area contributed by atoms with E-state index in [1.807, 2.05) is 0 Å². The summed E-state index contributed by atoms with van der Waals surface area (Å²) in [5, 5.41) is 25.0. The maximum absolute atomic E-state index is 12.7. The Morgan fingerprint density at radius 1 is 0.536 bits per heavy atom. The molecule has 0 unspecified atom stereocenters. The second-order valence-corrected chi connectivity index (χ2v) is 20.0.